The van der Waals surface area contributed by atoms with Gasteiger partial charge in [0.05, 0.1) is 16.5 Å². The van der Waals surface area contributed by atoms with Crippen LogP contribution in [-0.2, 0) is 10.0 Å². The van der Waals surface area contributed by atoms with Crippen LogP contribution in [0.5, 0.6) is 0 Å². The fourth-order valence-electron chi connectivity index (χ4n) is 1.74. The molecule has 0 spiro atoms. The van der Waals surface area contributed by atoms with Gasteiger partial charge in [-0.25, -0.2) is 13.4 Å². The van der Waals surface area contributed by atoms with E-state index in [0.717, 1.165) is 16.3 Å². The van der Waals surface area contributed by atoms with Gasteiger partial charge in [0.25, 0.3) is 0 Å². The average molecular weight is 296 g/mol. The van der Waals surface area contributed by atoms with Crippen molar-refractivity contribution in [2.45, 2.75) is 20.3 Å². The normalized spacial score (nSPS) is 11.5. The molecule has 0 radical (unpaired) electrons. The summed E-state index contributed by atoms with van der Waals surface area (Å²) < 4.78 is 26.0. The van der Waals surface area contributed by atoms with Gasteiger partial charge in [-0.3, -0.25) is 4.72 Å². The average Bonchev–Trinajstić information content (AvgIpc) is 2.75. The highest BCUT2D eigenvalue weighted by molar-refractivity contribution is 7.92. The Kier molecular flexibility index (Phi) is 4.21. The van der Waals surface area contributed by atoms with Crippen molar-refractivity contribution in [3.05, 3.63) is 34.7 Å². The molecule has 0 aliphatic heterocycles. The quantitative estimate of drug-likeness (QED) is 0.921. The van der Waals surface area contributed by atoms with Gasteiger partial charge in [-0.05, 0) is 25.5 Å². The summed E-state index contributed by atoms with van der Waals surface area (Å²) in [5.41, 5.74) is 2.37. The third-order valence-electron chi connectivity index (χ3n) is 2.52. The van der Waals surface area contributed by atoms with Crippen molar-refractivity contribution in [2.24, 2.45) is 0 Å². The van der Waals surface area contributed by atoms with Gasteiger partial charge in [0, 0.05) is 16.6 Å². The molecular formula is C13H16N2O2S2. The van der Waals surface area contributed by atoms with Crippen molar-refractivity contribution >= 4 is 27.0 Å². The van der Waals surface area contributed by atoms with E-state index in [0.29, 0.717) is 12.1 Å². The molecule has 2 aromatic rings. The number of aromatic nitrogens is 1. The Morgan fingerprint density at radius 1 is 1.37 bits per heavy atom. The van der Waals surface area contributed by atoms with Crippen LogP contribution in [0.25, 0.3) is 11.3 Å². The van der Waals surface area contributed by atoms with Gasteiger partial charge in [0.1, 0.15) is 0 Å². The Labute approximate surface area is 117 Å². The largest absolute Gasteiger partial charge is 0.284 e. The second-order valence-corrected chi connectivity index (χ2v) is 7.16. The first-order valence-electron chi connectivity index (χ1n) is 6.03. The lowest BCUT2D eigenvalue weighted by Crippen LogP contribution is -2.15. The van der Waals surface area contributed by atoms with E-state index < -0.39 is 10.0 Å². The first-order valence-corrected chi connectivity index (χ1v) is 8.56. The fraction of sp³-hybridized carbons (Fsp3) is 0.308. The van der Waals surface area contributed by atoms with Crippen LogP contribution < -0.4 is 4.72 Å². The molecule has 102 valence electrons. The molecule has 1 heterocycles. The zero-order valence-electron chi connectivity index (χ0n) is 10.9. The lowest BCUT2D eigenvalue weighted by Gasteiger charge is -2.07. The molecule has 0 bridgehead atoms. The van der Waals surface area contributed by atoms with Crippen LogP contribution in [0, 0.1) is 6.92 Å². The molecule has 1 aromatic heterocycles. The minimum atomic E-state index is -3.25. The first-order chi connectivity index (χ1) is 9.00. The Balaban J connectivity index is 2.25. The Bertz CT molecular complexity index is 663. The molecule has 0 saturated carbocycles. The molecule has 0 saturated heterocycles. The van der Waals surface area contributed by atoms with Crippen LogP contribution >= 0.6 is 11.3 Å². The molecule has 0 amide bonds. The summed E-state index contributed by atoms with van der Waals surface area (Å²) in [7, 11) is -3.25. The van der Waals surface area contributed by atoms with Crippen molar-refractivity contribution in [3.63, 3.8) is 0 Å². The Morgan fingerprint density at radius 3 is 2.79 bits per heavy atom. The summed E-state index contributed by atoms with van der Waals surface area (Å²) >= 11 is 1.58. The molecule has 0 atom stereocenters. The zero-order chi connectivity index (χ0) is 13.9. The van der Waals surface area contributed by atoms with E-state index in [9.17, 15) is 8.42 Å². The highest BCUT2D eigenvalue weighted by atomic mass is 32.2. The number of nitrogens with zero attached hydrogens (tertiary/aromatic N) is 1. The third kappa shape index (κ3) is 3.78. The van der Waals surface area contributed by atoms with Crippen LogP contribution in [0.1, 0.15) is 18.4 Å². The molecule has 0 unspecified atom stereocenters. The van der Waals surface area contributed by atoms with Crippen LogP contribution in [0.15, 0.2) is 29.6 Å². The van der Waals surface area contributed by atoms with Gasteiger partial charge in [-0.2, -0.15) is 0 Å². The number of rotatable bonds is 5. The number of hydrogen-bond donors (Lipinski definition) is 1. The Morgan fingerprint density at radius 2 is 2.16 bits per heavy atom. The maximum atomic E-state index is 11.7. The van der Waals surface area contributed by atoms with Gasteiger partial charge in [0.15, 0.2) is 0 Å². The minimum absolute atomic E-state index is 0.132. The van der Waals surface area contributed by atoms with E-state index in [2.05, 4.69) is 9.71 Å². The van der Waals surface area contributed by atoms with Crippen molar-refractivity contribution in [1.29, 1.82) is 0 Å². The van der Waals surface area contributed by atoms with Crippen LogP contribution in [0.3, 0.4) is 0 Å². The second-order valence-electron chi connectivity index (χ2n) is 4.25. The maximum absolute atomic E-state index is 11.7. The first kappa shape index (κ1) is 14.0. The molecule has 19 heavy (non-hydrogen) atoms. The van der Waals surface area contributed by atoms with Gasteiger partial charge < -0.3 is 0 Å². The summed E-state index contributed by atoms with van der Waals surface area (Å²) in [4.78, 5) is 4.40. The molecule has 1 aromatic carbocycles. The molecule has 6 heteroatoms. The summed E-state index contributed by atoms with van der Waals surface area (Å²) in [6, 6.07) is 7.30. The molecule has 0 aliphatic rings. The van der Waals surface area contributed by atoms with E-state index in [-0.39, 0.29) is 5.75 Å². The van der Waals surface area contributed by atoms with Gasteiger partial charge in [-0.15, -0.1) is 11.3 Å². The van der Waals surface area contributed by atoms with Crippen molar-refractivity contribution in [1.82, 2.24) is 4.98 Å². The standard InChI is InChI=1S/C13H16N2O2S2/c1-3-7-19(16,17)15-12-6-4-5-11(8-12)13-9-18-10(2)14-13/h4-6,8-9,15H,3,7H2,1-2H3. The van der Waals surface area contributed by atoms with E-state index in [1.165, 1.54) is 0 Å². The topological polar surface area (TPSA) is 59.1 Å². The number of hydrogen-bond acceptors (Lipinski definition) is 4. The molecule has 0 aliphatic carbocycles. The predicted molar refractivity (Wildman–Crippen MR) is 80.0 cm³/mol. The smallest absolute Gasteiger partial charge is 0.232 e. The number of sulfonamides is 1. The van der Waals surface area contributed by atoms with Crippen molar-refractivity contribution in [2.75, 3.05) is 10.5 Å². The summed E-state index contributed by atoms with van der Waals surface area (Å²) in [5, 5.41) is 2.96. The van der Waals surface area contributed by atoms with Crippen LogP contribution in [-0.4, -0.2) is 19.2 Å². The summed E-state index contributed by atoms with van der Waals surface area (Å²) in [5.74, 6) is 0.132. The zero-order valence-corrected chi connectivity index (χ0v) is 12.5. The minimum Gasteiger partial charge on any atom is -0.284 e. The number of thiazole rings is 1. The maximum Gasteiger partial charge on any atom is 0.232 e. The fourth-order valence-corrected chi connectivity index (χ4v) is 3.48. The predicted octanol–water partition coefficient (Wildman–Crippen LogP) is 3.27. The lowest BCUT2D eigenvalue weighted by molar-refractivity contribution is 0.600. The lowest BCUT2D eigenvalue weighted by atomic mass is 10.1. The van der Waals surface area contributed by atoms with Gasteiger partial charge in [0.2, 0.25) is 10.0 Å². The monoisotopic (exact) mass is 296 g/mol. The molecule has 0 fully saturated rings. The Hall–Kier alpha value is -1.40. The number of nitrogens with one attached hydrogen (secondary N) is 1. The van der Waals surface area contributed by atoms with Gasteiger partial charge in [-0.1, -0.05) is 19.1 Å². The molecule has 2 rings (SSSR count). The number of benzene rings is 1. The highest BCUT2D eigenvalue weighted by Gasteiger charge is 2.09. The number of anilines is 1. The number of aryl methyl sites for hydroxylation is 1. The van der Waals surface area contributed by atoms with E-state index in [4.69, 9.17) is 0 Å². The van der Waals surface area contributed by atoms with E-state index in [1.807, 2.05) is 37.4 Å². The third-order valence-corrected chi connectivity index (χ3v) is 4.79. The molecular weight excluding hydrogens is 280 g/mol. The van der Waals surface area contributed by atoms with Gasteiger partial charge >= 0.3 is 0 Å². The van der Waals surface area contributed by atoms with Crippen LogP contribution in [0.2, 0.25) is 0 Å². The summed E-state index contributed by atoms with van der Waals surface area (Å²) in [6.45, 7) is 3.79. The summed E-state index contributed by atoms with van der Waals surface area (Å²) in [6.07, 6.45) is 0.598. The SMILES string of the molecule is CCCS(=O)(=O)Nc1cccc(-c2csc(C)n2)c1. The van der Waals surface area contributed by atoms with E-state index in [1.54, 1.807) is 17.4 Å². The van der Waals surface area contributed by atoms with Crippen molar-refractivity contribution in [3.8, 4) is 11.3 Å². The van der Waals surface area contributed by atoms with Crippen molar-refractivity contribution < 1.29 is 8.42 Å². The molecule has 1 N–H and O–H groups in total. The second kappa shape index (κ2) is 5.71. The highest BCUT2D eigenvalue weighted by Crippen LogP contribution is 2.24. The van der Waals surface area contributed by atoms with E-state index >= 15 is 0 Å². The molecule has 4 nitrogen and oxygen atoms in total. The van der Waals surface area contributed by atoms with Crippen LogP contribution in [0.4, 0.5) is 5.69 Å².